The highest BCUT2D eigenvalue weighted by Crippen LogP contribution is 2.22. The number of rotatable bonds is 19. The molecule has 0 aliphatic carbocycles. The Morgan fingerprint density at radius 1 is 0.607 bits per heavy atom. The van der Waals surface area contributed by atoms with Gasteiger partial charge in [-0.05, 0) is 0 Å². The van der Waals surface area contributed by atoms with E-state index in [9.17, 15) is 0 Å². The van der Waals surface area contributed by atoms with E-state index in [2.05, 4.69) is 42.3 Å². The first-order valence-corrected chi connectivity index (χ1v) is 14.7. The van der Waals surface area contributed by atoms with Crippen molar-refractivity contribution in [1.82, 2.24) is 0 Å². The van der Waals surface area contributed by atoms with Crippen molar-refractivity contribution in [1.29, 1.82) is 0 Å². The maximum Gasteiger partial charge on any atom is 0.371 e. The Morgan fingerprint density at radius 3 is 1.39 bits per heavy atom. The van der Waals surface area contributed by atoms with Gasteiger partial charge in [-0.1, -0.05) is 152 Å². The van der Waals surface area contributed by atoms with E-state index in [1.54, 1.807) is 5.56 Å². The molecular formula is C26H47ClMg. The number of halogens is 1. The molecule has 1 aromatic rings. The van der Waals surface area contributed by atoms with Crippen molar-refractivity contribution in [3.63, 3.8) is 0 Å². The molecule has 0 heterocycles. The molecule has 1 rings (SSSR count). The minimum atomic E-state index is 0. The topological polar surface area (TPSA) is 0 Å². The van der Waals surface area contributed by atoms with Gasteiger partial charge in [-0.2, -0.15) is 5.05 Å². The molecule has 0 aliphatic heterocycles. The number of unbranched alkanes of at least 4 members (excludes halogenated alkanes) is 15. The molecule has 160 valence electrons. The fourth-order valence-corrected chi connectivity index (χ4v) is 5.71. The van der Waals surface area contributed by atoms with Crippen LogP contribution in [-0.2, 0) is 0 Å². The van der Waals surface area contributed by atoms with Crippen molar-refractivity contribution in [3.8, 4) is 0 Å². The summed E-state index contributed by atoms with van der Waals surface area (Å²) in [5.74, 6) is 0. The van der Waals surface area contributed by atoms with Gasteiger partial charge in [0.1, 0.15) is 0 Å². The second-order valence-electron chi connectivity index (χ2n) is 8.61. The van der Waals surface area contributed by atoms with E-state index >= 15 is 0 Å². The van der Waals surface area contributed by atoms with Gasteiger partial charge in [0.25, 0.3) is 0 Å². The largest absolute Gasteiger partial charge is 0.371 e. The summed E-state index contributed by atoms with van der Waals surface area (Å²) in [5.41, 5.74) is 1.60. The van der Waals surface area contributed by atoms with Crippen molar-refractivity contribution in [3.05, 3.63) is 35.9 Å². The molecular weight excluding hydrogens is 372 g/mol. The van der Waals surface area contributed by atoms with Gasteiger partial charge in [0.2, 0.25) is 0 Å². The van der Waals surface area contributed by atoms with Gasteiger partial charge in [-0.15, -0.1) is 16.5 Å². The van der Waals surface area contributed by atoms with E-state index < -0.39 is 0 Å². The Bertz CT molecular complexity index is 406. The van der Waals surface area contributed by atoms with Crippen LogP contribution in [0.15, 0.2) is 30.3 Å². The van der Waals surface area contributed by atoms with E-state index in [1.807, 2.05) is 0 Å². The van der Waals surface area contributed by atoms with E-state index in [0.29, 0.717) is 0 Å². The van der Waals surface area contributed by atoms with Crippen LogP contribution in [-0.4, -0.2) is 20.4 Å². The molecule has 1 atom stereocenters. The quantitative estimate of drug-likeness (QED) is 0.155. The van der Waals surface area contributed by atoms with E-state index in [0.717, 1.165) is 4.05 Å². The van der Waals surface area contributed by atoms with Crippen LogP contribution in [0.3, 0.4) is 0 Å². The third kappa shape index (κ3) is 16.1. The molecule has 0 aliphatic rings. The molecule has 0 radical (unpaired) electrons. The summed E-state index contributed by atoms with van der Waals surface area (Å²) in [6.45, 7) is 2.30. The second kappa shape index (κ2) is 22.0. The first-order valence-electron chi connectivity index (χ1n) is 12.4. The Kier molecular flexibility index (Phi) is 22.2. The van der Waals surface area contributed by atoms with Crippen LogP contribution < -0.4 is 0 Å². The average Bonchev–Trinajstić information content (AvgIpc) is 2.71. The fraction of sp³-hybridized carbons (Fsp3) is 0.769. The van der Waals surface area contributed by atoms with Crippen molar-refractivity contribution in [2.75, 3.05) is 0 Å². The second-order valence-corrected chi connectivity index (χ2v) is 10.4. The molecule has 28 heavy (non-hydrogen) atoms. The zero-order valence-electron chi connectivity index (χ0n) is 19.1. The van der Waals surface area contributed by atoms with Gasteiger partial charge >= 0.3 is 20.4 Å². The van der Waals surface area contributed by atoms with Gasteiger partial charge in [0, 0.05) is 0 Å². The number of hydrogen-bond donors (Lipinski definition) is 0. The van der Waals surface area contributed by atoms with Crippen LogP contribution in [0.5, 0.6) is 0 Å². The Balaban J connectivity index is 0.00000729. The smallest absolute Gasteiger partial charge is 0.156 e. The van der Waals surface area contributed by atoms with Crippen molar-refractivity contribution >= 4 is 32.8 Å². The SMILES string of the molecule is CCCCCCCCCCCCCCCCCC[CH]([Mg][CH3])c1ccccc1.Cl. The molecule has 2 heteroatoms. The first-order chi connectivity index (χ1) is 13.4. The maximum absolute atomic E-state index is 2.48. The van der Waals surface area contributed by atoms with Crippen molar-refractivity contribution < 1.29 is 0 Å². The summed E-state index contributed by atoms with van der Waals surface area (Å²) < 4.78 is 0.915. The van der Waals surface area contributed by atoms with Gasteiger partial charge in [0.05, 0.1) is 0 Å². The maximum atomic E-state index is 2.48. The first kappa shape index (κ1) is 28.3. The Hall–Kier alpha value is 0.276. The Morgan fingerprint density at radius 2 is 1.00 bits per heavy atom. The summed E-state index contributed by atoms with van der Waals surface area (Å²) in [7, 11) is 0. The van der Waals surface area contributed by atoms with Gasteiger partial charge in [0.15, 0.2) is 0 Å². The predicted molar refractivity (Wildman–Crippen MR) is 132 cm³/mol. The molecule has 0 fully saturated rings. The van der Waals surface area contributed by atoms with Gasteiger partial charge < -0.3 is 0 Å². The highest BCUT2D eigenvalue weighted by molar-refractivity contribution is 6.35. The van der Waals surface area contributed by atoms with Crippen molar-refractivity contribution in [2.24, 2.45) is 0 Å². The lowest BCUT2D eigenvalue weighted by atomic mass is 10.0. The van der Waals surface area contributed by atoms with Gasteiger partial charge in [-0.3, -0.25) is 0 Å². The van der Waals surface area contributed by atoms with Crippen molar-refractivity contribution in [2.45, 2.75) is 125 Å². The summed E-state index contributed by atoms with van der Waals surface area (Å²) in [5, 5.41) is 2.48. The summed E-state index contributed by atoms with van der Waals surface area (Å²) in [6.07, 6.45) is 24.8. The molecule has 0 saturated heterocycles. The fourth-order valence-electron chi connectivity index (χ4n) is 4.27. The molecule has 0 N–H and O–H groups in total. The van der Waals surface area contributed by atoms with E-state index in [4.69, 9.17) is 0 Å². The molecule has 1 unspecified atom stereocenters. The summed E-state index contributed by atoms with van der Waals surface area (Å²) in [6, 6.07) is 11.2. The standard InChI is InChI=1S/C25H43.CH3.ClH.Mg/c1-2-3-4-5-6-7-8-9-10-11-12-13-14-15-16-17-19-22-25-23-20-18-21-24-25;;;/h18,20-24H,2-17,19H2,1H3;1H3;1H;. The molecule has 0 nitrogen and oxygen atoms in total. The molecule has 0 amide bonds. The van der Waals surface area contributed by atoms with Crippen LogP contribution >= 0.6 is 12.4 Å². The molecule has 0 saturated carbocycles. The Labute approximate surface area is 193 Å². The number of benzene rings is 1. The zero-order chi connectivity index (χ0) is 19.4. The third-order valence-corrected chi connectivity index (χ3v) is 8.04. The molecule has 0 spiro atoms. The highest BCUT2D eigenvalue weighted by atomic mass is 35.5. The molecule has 1 aromatic carbocycles. The molecule has 0 bridgehead atoms. The average molecular weight is 419 g/mol. The lowest BCUT2D eigenvalue weighted by Gasteiger charge is -2.15. The van der Waals surface area contributed by atoms with Crippen LogP contribution in [0, 0.1) is 0 Å². The highest BCUT2D eigenvalue weighted by Gasteiger charge is 2.09. The zero-order valence-corrected chi connectivity index (χ0v) is 21.3. The van der Waals surface area contributed by atoms with Crippen LogP contribution in [0.25, 0.3) is 0 Å². The summed E-state index contributed by atoms with van der Waals surface area (Å²) >= 11 is 0.0638. The lowest BCUT2D eigenvalue weighted by molar-refractivity contribution is 0.526. The normalized spacial score (nSPS) is 11.6. The van der Waals surface area contributed by atoms with Crippen LogP contribution in [0.4, 0.5) is 0 Å². The van der Waals surface area contributed by atoms with E-state index in [-0.39, 0.29) is 32.8 Å². The minimum Gasteiger partial charge on any atom is -0.156 e. The monoisotopic (exact) mass is 418 g/mol. The van der Waals surface area contributed by atoms with Gasteiger partial charge in [-0.25, -0.2) is 0 Å². The van der Waals surface area contributed by atoms with E-state index in [1.165, 1.54) is 109 Å². The number of hydrogen-bond acceptors (Lipinski definition) is 0. The third-order valence-electron chi connectivity index (χ3n) is 6.17. The van der Waals surface area contributed by atoms with Crippen LogP contribution in [0.2, 0.25) is 5.05 Å². The lowest BCUT2D eigenvalue weighted by Crippen LogP contribution is -2.04. The predicted octanol–water partition coefficient (Wildman–Crippen LogP) is 9.55. The minimum absolute atomic E-state index is 0. The van der Waals surface area contributed by atoms with Crippen LogP contribution in [0.1, 0.15) is 126 Å². The summed E-state index contributed by atoms with van der Waals surface area (Å²) in [4.78, 5) is 0. The molecule has 0 aromatic heterocycles.